The number of Topliss-reactive ketones (excluding diaryl/α,β-unsaturated/α-hetero) is 1. The molecule has 0 saturated carbocycles. The Morgan fingerprint density at radius 2 is 1.64 bits per heavy atom. The normalized spacial score (nSPS) is 10.2. The van der Waals surface area contributed by atoms with Gasteiger partial charge in [0.1, 0.15) is 5.75 Å². The van der Waals surface area contributed by atoms with Crippen molar-refractivity contribution >= 4 is 29.3 Å². The molecule has 0 radical (unpaired) electrons. The van der Waals surface area contributed by atoms with Gasteiger partial charge in [-0.15, -0.1) is 0 Å². The highest BCUT2D eigenvalue weighted by Gasteiger charge is 2.12. The Morgan fingerprint density at radius 3 is 2.33 bits per heavy atom. The van der Waals surface area contributed by atoms with Gasteiger partial charge in [0, 0.05) is 24.1 Å². The lowest BCUT2D eigenvalue weighted by molar-refractivity contribution is -0.142. The number of esters is 2. The van der Waals surface area contributed by atoms with Gasteiger partial charge in [-0.05, 0) is 49.2 Å². The van der Waals surface area contributed by atoms with Gasteiger partial charge in [0.2, 0.25) is 5.91 Å². The zero-order valence-corrected chi connectivity index (χ0v) is 18.9. The highest BCUT2D eigenvalue weighted by atomic mass is 16.5. The van der Waals surface area contributed by atoms with Crippen LogP contribution in [0.4, 0.5) is 5.69 Å². The van der Waals surface area contributed by atoms with E-state index in [0.717, 1.165) is 12.8 Å². The quantitative estimate of drug-likeness (QED) is 0.274. The number of ketones is 1. The predicted octanol–water partition coefficient (Wildman–Crippen LogP) is 4.19. The summed E-state index contributed by atoms with van der Waals surface area (Å²) >= 11 is 0. The minimum absolute atomic E-state index is 0.0152. The van der Waals surface area contributed by atoms with Gasteiger partial charge in [-0.3, -0.25) is 14.4 Å². The minimum Gasteiger partial charge on any atom is -0.497 e. The molecule has 176 valence electrons. The van der Waals surface area contributed by atoms with Crippen LogP contribution in [0.1, 0.15) is 59.7 Å². The molecule has 0 spiro atoms. The lowest BCUT2D eigenvalue weighted by atomic mass is 10.1. The van der Waals surface area contributed by atoms with Crippen molar-refractivity contribution in [3.8, 4) is 5.75 Å². The summed E-state index contributed by atoms with van der Waals surface area (Å²) in [6.45, 7) is 2.02. The molecule has 0 aliphatic rings. The first-order chi connectivity index (χ1) is 15.9. The van der Waals surface area contributed by atoms with Crippen LogP contribution in [-0.2, 0) is 19.1 Å². The molecule has 8 nitrogen and oxygen atoms in total. The maximum absolute atomic E-state index is 12.1. The third kappa shape index (κ3) is 9.14. The summed E-state index contributed by atoms with van der Waals surface area (Å²) in [7, 11) is 1.50. The van der Waals surface area contributed by atoms with E-state index in [2.05, 4.69) is 5.32 Å². The molecule has 0 saturated heterocycles. The molecule has 0 atom stereocenters. The van der Waals surface area contributed by atoms with Gasteiger partial charge in [0.15, 0.2) is 12.4 Å². The lowest BCUT2D eigenvalue weighted by Gasteiger charge is -2.08. The predicted molar refractivity (Wildman–Crippen MR) is 122 cm³/mol. The van der Waals surface area contributed by atoms with Gasteiger partial charge in [-0.1, -0.05) is 25.5 Å². The Morgan fingerprint density at radius 1 is 0.879 bits per heavy atom. The number of unbranched alkanes of at least 4 members (excludes halogenated alkanes) is 1. The van der Waals surface area contributed by atoms with Crippen LogP contribution in [0.15, 0.2) is 48.5 Å². The van der Waals surface area contributed by atoms with Crippen molar-refractivity contribution in [2.75, 3.05) is 25.6 Å². The molecule has 0 bridgehead atoms. The van der Waals surface area contributed by atoms with Gasteiger partial charge in [-0.25, -0.2) is 4.79 Å². The van der Waals surface area contributed by atoms with Crippen LogP contribution < -0.4 is 10.1 Å². The van der Waals surface area contributed by atoms with Crippen molar-refractivity contribution in [1.82, 2.24) is 0 Å². The average Bonchev–Trinajstić information content (AvgIpc) is 2.83. The molecule has 0 heterocycles. The van der Waals surface area contributed by atoms with E-state index >= 15 is 0 Å². The fourth-order valence-electron chi connectivity index (χ4n) is 2.80. The number of methoxy groups -OCH3 is 1. The second kappa shape index (κ2) is 13.7. The van der Waals surface area contributed by atoms with Gasteiger partial charge < -0.3 is 19.5 Å². The minimum atomic E-state index is -0.551. The van der Waals surface area contributed by atoms with Crippen molar-refractivity contribution in [3.05, 3.63) is 59.7 Å². The first kappa shape index (κ1) is 25.6. The number of carbonyl (C=O) groups excluding carboxylic acids is 4. The third-order valence-corrected chi connectivity index (χ3v) is 4.68. The molecule has 1 N–H and O–H groups in total. The van der Waals surface area contributed by atoms with E-state index in [-0.39, 0.29) is 37.6 Å². The molecule has 0 fully saturated rings. The van der Waals surface area contributed by atoms with Crippen molar-refractivity contribution in [2.24, 2.45) is 0 Å². The Labute approximate surface area is 193 Å². The zero-order chi connectivity index (χ0) is 24.1. The summed E-state index contributed by atoms with van der Waals surface area (Å²) in [5.74, 6) is -1.01. The number of anilines is 1. The van der Waals surface area contributed by atoms with Gasteiger partial charge in [0.05, 0.1) is 19.3 Å². The molecule has 8 heteroatoms. The molecule has 0 aliphatic carbocycles. The highest BCUT2D eigenvalue weighted by molar-refractivity contribution is 5.98. The number of carbonyl (C=O) groups is 4. The van der Waals surface area contributed by atoms with E-state index in [9.17, 15) is 19.2 Å². The van der Waals surface area contributed by atoms with Gasteiger partial charge >= 0.3 is 11.9 Å². The van der Waals surface area contributed by atoms with Crippen molar-refractivity contribution in [3.63, 3.8) is 0 Å². The monoisotopic (exact) mass is 455 g/mol. The highest BCUT2D eigenvalue weighted by Crippen LogP contribution is 2.14. The molecule has 0 aromatic heterocycles. The Kier molecular flexibility index (Phi) is 10.6. The topological polar surface area (TPSA) is 108 Å². The summed E-state index contributed by atoms with van der Waals surface area (Å²) in [4.78, 5) is 47.9. The van der Waals surface area contributed by atoms with E-state index < -0.39 is 11.9 Å². The van der Waals surface area contributed by atoms with Gasteiger partial charge in [-0.2, -0.15) is 0 Å². The lowest BCUT2D eigenvalue weighted by Crippen LogP contribution is -2.15. The van der Waals surface area contributed by atoms with Crippen LogP contribution in [0, 0.1) is 0 Å². The second-order valence-corrected chi connectivity index (χ2v) is 7.28. The standard InChI is InChI=1S/C25H29NO7/c1-3-4-15-32-25(30)18-11-13-20(14-12-18)26-23(28)9-6-10-24(29)33-17-22(27)19-7-5-8-21(16-19)31-2/h5,7-8,11-14,16H,3-4,6,9-10,15,17H2,1-2H3,(H,26,28). The van der Waals surface area contributed by atoms with Crippen LogP contribution in [0.25, 0.3) is 0 Å². The molecular formula is C25H29NO7. The van der Waals surface area contributed by atoms with Crippen LogP contribution in [0.5, 0.6) is 5.75 Å². The average molecular weight is 456 g/mol. The number of benzene rings is 2. The Hall–Kier alpha value is -3.68. The number of ether oxygens (including phenoxy) is 3. The maximum Gasteiger partial charge on any atom is 0.338 e. The van der Waals surface area contributed by atoms with E-state index in [4.69, 9.17) is 14.2 Å². The summed E-state index contributed by atoms with van der Waals surface area (Å²) < 4.78 is 15.2. The number of amides is 1. The smallest absolute Gasteiger partial charge is 0.338 e. The van der Waals surface area contributed by atoms with Crippen molar-refractivity contribution in [1.29, 1.82) is 0 Å². The molecule has 0 aliphatic heterocycles. The third-order valence-electron chi connectivity index (χ3n) is 4.68. The molecule has 2 aromatic rings. The van der Waals surface area contributed by atoms with E-state index in [1.165, 1.54) is 7.11 Å². The van der Waals surface area contributed by atoms with Crippen LogP contribution in [-0.4, -0.2) is 44.0 Å². The molecule has 0 unspecified atom stereocenters. The number of nitrogens with one attached hydrogen (secondary N) is 1. The van der Waals surface area contributed by atoms with Crippen molar-refractivity contribution in [2.45, 2.75) is 39.0 Å². The first-order valence-corrected chi connectivity index (χ1v) is 10.8. The number of hydrogen-bond donors (Lipinski definition) is 1. The summed E-state index contributed by atoms with van der Waals surface area (Å²) in [6, 6.07) is 13.0. The van der Waals surface area contributed by atoms with Gasteiger partial charge in [0.25, 0.3) is 0 Å². The van der Waals surface area contributed by atoms with Crippen LogP contribution in [0.2, 0.25) is 0 Å². The SMILES string of the molecule is CCCCOC(=O)c1ccc(NC(=O)CCCC(=O)OCC(=O)c2cccc(OC)c2)cc1. The molecule has 2 aromatic carbocycles. The van der Waals surface area contributed by atoms with Crippen molar-refractivity contribution < 1.29 is 33.4 Å². The fourth-order valence-corrected chi connectivity index (χ4v) is 2.80. The maximum atomic E-state index is 12.1. The van der Waals surface area contributed by atoms with Crippen LogP contribution >= 0.6 is 0 Å². The molecule has 1 amide bonds. The first-order valence-electron chi connectivity index (χ1n) is 10.8. The van der Waals surface area contributed by atoms with E-state index in [1.807, 2.05) is 6.92 Å². The summed E-state index contributed by atoms with van der Waals surface area (Å²) in [6.07, 6.45) is 2.16. The van der Waals surface area contributed by atoms with E-state index in [0.29, 0.717) is 29.2 Å². The fraction of sp³-hybridized carbons (Fsp3) is 0.360. The molecule has 2 rings (SSSR count). The van der Waals surface area contributed by atoms with E-state index in [1.54, 1.807) is 48.5 Å². The Bertz CT molecular complexity index is 953. The number of hydrogen-bond acceptors (Lipinski definition) is 7. The summed E-state index contributed by atoms with van der Waals surface area (Å²) in [5, 5.41) is 2.71. The Balaban J connectivity index is 1.67. The number of rotatable bonds is 13. The molecule has 33 heavy (non-hydrogen) atoms. The summed E-state index contributed by atoms with van der Waals surface area (Å²) in [5.41, 5.74) is 1.34. The largest absolute Gasteiger partial charge is 0.497 e. The second-order valence-electron chi connectivity index (χ2n) is 7.28. The zero-order valence-electron chi connectivity index (χ0n) is 18.9. The van der Waals surface area contributed by atoms with Crippen LogP contribution in [0.3, 0.4) is 0 Å². The molecular weight excluding hydrogens is 426 g/mol.